The second-order valence-electron chi connectivity index (χ2n) is 5.02. The molecule has 0 atom stereocenters. The van der Waals surface area contributed by atoms with E-state index in [0.29, 0.717) is 35.8 Å². The molecule has 5 nitrogen and oxygen atoms in total. The summed E-state index contributed by atoms with van der Waals surface area (Å²) in [7, 11) is -1.87. The van der Waals surface area contributed by atoms with Gasteiger partial charge in [0, 0.05) is 37.0 Å². The number of hydrogen-bond donors (Lipinski definition) is 1. The quantitative estimate of drug-likeness (QED) is 0.832. The van der Waals surface area contributed by atoms with Crippen LogP contribution in [0, 0.1) is 5.92 Å². The van der Waals surface area contributed by atoms with E-state index >= 15 is 0 Å². The van der Waals surface area contributed by atoms with Gasteiger partial charge in [0.15, 0.2) is 0 Å². The van der Waals surface area contributed by atoms with Crippen molar-refractivity contribution in [3.05, 3.63) is 22.7 Å². The number of rotatable bonds is 4. The maximum atomic E-state index is 12.5. The van der Waals surface area contributed by atoms with Crippen molar-refractivity contribution in [1.29, 1.82) is 0 Å². The molecule has 0 saturated carbocycles. The van der Waals surface area contributed by atoms with Gasteiger partial charge in [-0.25, -0.2) is 12.7 Å². The van der Waals surface area contributed by atoms with Crippen molar-refractivity contribution in [3.63, 3.8) is 0 Å². The molecule has 7 heteroatoms. The number of hydrogen-bond acceptors (Lipinski definition) is 4. The number of benzene rings is 1. The van der Waals surface area contributed by atoms with Crippen molar-refractivity contribution in [2.75, 3.05) is 32.5 Å². The highest BCUT2D eigenvalue weighted by Gasteiger charge is 2.25. The minimum absolute atomic E-state index is 0.229. The van der Waals surface area contributed by atoms with Crippen molar-refractivity contribution < 1.29 is 13.2 Å². The van der Waals surface area contributed by atoms with Crippen molar-refractivity contribution >= 4 is 31.6 Å². The Labute approximate surface area is 128 Å². The topological polar surface area (TPSA) is 72.6 Å². The minimum atomic E-state index is -3.49. The lowest BCUT2D eigenvalue weighted by molar-refractivity contribution is 0.0620. The van der Waals surface area contributed by atoms with Crippen LogP contribution in [0.1, 0.15) is 12.8 Å². The normalized spacial score (nSPS) is 17.6. The van der Waals surface area contributed by atoms with Crippen molar-refractivity contribution in [2.24, 2.45) is 5.92 Å². The number of anilines is 1. The molecule has 1 aliphatic rings. The molecule has 0 unspecified atom stereocenters. The summed E-state index contributed by atoms with van der Waals surface area (Å²) in [5.41, 5.74) is 6.18. The van der Waals surface area contributed by atoms with Crippen LogP contribution in [-0.2, 0) is 14.8 Å². The first-order valence-corrected chi connectivity index (χ1v) is 8.73. The number of sulfonamides is 1. The van der Waals surface area contributed by atoms with Crippen LogP contribution in [0.5, 0.6) is 0 Å². The number of halogens is 1. The highest BCUT2D eigenvalue weighted by molar-refractivity contribution is 9.10. The van der Waals surface area contributed by atoms with Crippen molar-refractivity contribution in [2.45, 2.75) is 17.7 Å². The van der Waals surface area contributed by atoms with E-state index in [1.165, 1.54) is 10.4 Å². The van der Waals surface area contributed by atoms with E-state index in [-0.39, 0.29) is 4.90 Å². The molecule has 1 heterocycles. The van der Waals surface area contributed by atoms with Crippen molar-refractivity contribution in [3.8, 4) is 0 Å². The third-order valence-corrected chi connectivity index (χ3v) is 6.07. The van der Waals surface area contributed by atoms with Gasteiger partial charge >= 0.3 is 0 Å². The molecule has 1 fully saturated rings. The second-order valence-corrected chi connectivity index (χ2v) is 7.92. The first-order chi connectivity index (χ1) is 9.41. The zero-order valence-corrected chi connectivity index (χ0v) is 13.8. The Morgan fingerprint density at radius 2 is 2.05 bits per heavy atom. The first kappa shape index (κ1) is 15.8. The number of nitrogens with two attached hydrogens (primary N) is 1. The summed E-state index contributed by atoms with van der Waals surface area (Å²) >= 11 is 3.27. The summed E-state index contributed by atoms with van der Waals surface area (Å²) in [6.07, 6.45) is 1.81. The van der Waals surface area contributed by atoms with Crippen LogP contribution in [0.15, 0.2) is 27.6 Å². The van der Waals surface area contributed by atoms with E-state index in [2.05, 4.69) is 15.9 Å². The van der Waals surface area contributed by atoms with Crippen LogP contribution in [0.3, 0.4) is 0 Å². The highest BCUT2D eigenvalue weighted by Crippen LogP contribution is 2.25. The number of nitrogens with zero attached hydrogens (tertiary/aromatic N) is 1. The van der Waals surface area contributed by atoms with Crippen LogP contribution in [0.4, 0.5) is 5.69 Å². The molecule has 1 saturated heterocycles. The summed E-state index contributed by atoms with van der Waals surface area (Å²) in [6.45, 7) is 1.94. The highest BCUT2D eigenvalue weighted by atomic mass is 79.9. The third kappa shape index (κ3) is 3.52. The monoisotopic (exact) mass is 362 g/mol. The maximum Gasteiger partial charge on any atom is 0.242 e. The molecule has 0 aromatic heterocycles. The Balaban J connectivity index is 2.13. The van der Waals surface area contributed by atoms with E-state index in [4.69, 9.17) is 10.5 Å². The Kier molecular flexibility index (Phi) is 5.06. The van der Waals surface area contributed by atoms with Crippen LogP contribution in [0.25, 0.3) is 0 Å². The molecule has 112 valence electrons. The average molecular weight is 363 g/mol. The molecule has 0 spiro atoms. The minimum Gasteiger partial charge on any atom is -0.398 e. The van der Waals surface area contributed by atoms with E-state index < -0.39 is 10.0 Å². The number of ether oxygens (including phenoxy) is 1. The van der Waals surface area contributed by atoms with Crippen LogP contribution in [0.2, 0.25) is 0 Å². The summed E-state index contributed by atoms with van der Waals surface area (Å²) < 4.78 is 32.4. The molecule has 0 radical (unpaired) electrons. The molecular weight excluding hydrogens is 344 g/mol. The lowest BCUT2D eigenvalue weighted by Crippen LogP contribution is -2.34. The molecule has 1 aliphatic heterocycles. The van der Waals surface area contributed by atoms with E-state index in [1.807, 2.05) is 0 Å². The predicted octanol–water partition coefficient (Wildman–Crippen LogP) is 2.08. The van der Waals surface area contributed by atoms with Gasteiger partial charge in [-0.1, -0.05) is 0 Å². The standard InChI is InChI=1S/C13H19BrN2O3S/c1-16(9-10-4-6-19-7-5-10)20(17,18)11-2-3-12(14)13(15)8-11/h2-3,8,10H,4-7,9,15H2,1H3. The molecule has 1 aromatic carbocycles. The van der Waals surface area contributed by atoms with Crippen molar-refractivity contribution in [1.82, 2.24) is 4.31 Å². The Hall–Kier alpha value is -0.630. The van der Waals surface area contributed by atoms with Gasteiger partial charge in [-0.05, 0) is 52.9 Å². The van der Waals surface area contributed by atoms with Gasteiger partial charge < -0.3 is 10.5 Å². The summed E-state index contributed by atoms with van der Waals surface area (Å²) in [6, 6.07) is 4.71. The molecule has 2 N–H and O–H groups in total. The van der Waals surface area contributed by atoms with Gasteiger partial charge in [-0.3, -0.25) is 0 Å². The predicted molar refractivity (Wildman–Crippen MR) is 81.9 cm³/mol. The Morgan fingerprint density at radius 1 is 1.40 bits per heavy atom. The van der Waals surface area contributed by atoms with Gasteiger partial charge in [0.25, 0.3) is 0 Å². The van der Waals surface area contributed by atoms with E-state index in [1.54, 1.807) is 19.2 Å². The average Bonchev–Trinajstić information content (AvgIpc) is 2.42. The fourth-order valence-corrected chi connectivity index (χ4v) is 3.78. The second kappa shape index (κ2) is 6.43. The molecule has 1 aromatic rings. The Morgan fingerprint density at radius 3 is 2.65 bits per heavy atom. The SMILES string of the molecule is CN(CC1CCOCC1)S(=O)(=O)c1ccc(Br)c(N)c1. The molecular formula is C13H19BrN2O3S. The smallest absolute Gasteiger partial charge is 0.242 e. The third-order valence-electron chi connectivity index (χ3n) is 3.53. The lowest BCUT2D eigenvalue weighted by Gasteiger charge is -2.26. The van der Waals surface area contributed by atoms with Crippen LogP contribution < -0.4 is 5.73 Å². The largest absolute Gasteiger partial charge is 0.398 e. The summed E-state index contributed by atoms with van der Waals surface area (Å²) in [4.78, 5) is 0.229. The molecule has 20 heavy (non-hydrogen) atoms. The van der Waals surface area contributed by atoms with Gasteiger partial charge in [-0.2, -0.15) is 0 Å². The molecule has 0 amide bonds. The van der Waals surface area contributed by atoms with E-state index in [9.17, 15) is 8.42 Å². The zero-order chi connectivity index (χ0) is 14.8. The summed E-state index contributed by atoms with van der Waals surface area (Å²) in [5, 5.41) is 0. The van der Waals surface area contributed by atoms with Crippen LogP contribution >= 0.6 is 15.9 Å². The first-order valence-electron chi connectivity index (χ1n) is 6.50. The number of nitrogen functional groups attached to an aromatic ring is 1. The summed E-state index contributed by atoms with van der Waals surface area (Å²) in [5.74, 6) is 0.358. The lowest BCUT2D eigenvalue weighted by atomic mass is 10.0. The molecule has 0 bridgehead atoms. The zero-order valence-electron chi connectivity index (χ0n) is 11.4. The molecule has 0 aliphatic carbocycles. The van der Waals surface area contributed by atoms with Gasteiger partial charge in [-0.15, -0.1) is 0 Å². The van der Waals surface area contributed by atoms with Gasteiger partial charge in [0.05, 0.1) is 4.90 Å². The van der Waals surface area contributed by atoms with Gasteiger partial charge in [0.2, 0.25) is 10.0 Å². The fourth-order valence-electron chi connectivity index (χ4n) is 2.25. The van der Waals surface area contributed by atoms with Gasteiger partial charge in [0.1, 0.15) is 0 Å². The maximum absolute atomic E-state index is 12.5. The Bertz CT molecular complexity index is 571. The van der Waals surface area contributed by atoms with Crippen LogP contribution in [-0.4, -0.2) is 39.5 Å². The fraction of sp³-hybridized carbons (Fsp3) is 0.538. The van der Waals surface area contributed by atoms with E-state index in [0.717, 1.165) is 12.8 Å². The molecule has 2 rings (SSSR count).